The normalized spacial score (nSPS) is 13.3. The molecule has 5 heteroatoms. The number of carboxylic acids is 1. The minimum absolute atomic E-state index is 0.338. The van der Waals surface area contributed by atoms with Gasteiger partial charge in [0.05, 0.1) is 17.5 Å². The number of nitrogens with one attached hydrogen (secondary N) is 1. The molecule has 0 unspecified atom stereocenters. The lowest BCUT2D eigenvalue weighted by Gasteiger charge is -2.17. The molecule has 0 fully saturated rings. The van der Waals surface area contributed by atoms with Gasteiger partial charge in [-0.15, -0.1) is 0 Å². The van der Waals surface area contributed by atoms with E-state index in [4.69, 9.17) is 4.74 Å². The molecule has 0 atom stereocenters. The summed E-state index contributed by atoms with van der Waals surface area (Å²) in [6.07, 6.45) is 9.97. The van der Waals surface area contributed by atoms with Crippen molar-refractivity contribution in [2.45, 2.75) is 6.42 Å². The van der Waals surface area contributed by atoms with Crippen LogP contribution in [0.5, 0.6) is 5.75 Å². The molecule has 0 radical (unpaired) electrons. The molecule has 0 amide bonds. The van der Waals surface area contributed by atoms with Crippen LogP contribution >= 0.6 is 0 Å². The van der Waals surface area contributed by atoms with Gasteiger partial charge in [0, 0.05) is 12.1 Å². The van der Waals surface area contributed by atoms with E-state index in [0.717, 1.165) is 58.6 Å². The Kier molecular flexibility index (Phi) is 7.70. The van der Waals surface area contributed by atoms with Gasteiger partial charge in [-0.25, -0.2) is 4.79 Å². The zero-order valence-corrected chi connectivity index (χ0v) is 19.5. The van der Waals surface area contributed by atoms with E-state index in [-0.39, 0.29) is 0 Å². The van der Waals surface area contributed by atoms with Crippen LogP contribution in [0.25, 0.3) is 28.0 Å². The summed E-state index contributed by atoms with van der Waals surface area (Å²) < 4.78 is 5.72. The molecule has 4 rings (SSSR count). The van der Waals surface area contributed by atoms with Gasteiger partial charge in [0.2, 0.25) is 0 Å². The molecule has 0 saturated carbocycles. The van der Waals surface area contributed by atoms with Crippen LogP contribution in [0.3, 0.4) is 0 Å². The Morgan fingerprint density at radius 1 is 1.09 bits per heavy atom. The van der Waals surface area contributed by atoms with E-state index in [1.807, 2.05) is 60.7 Å². The lowest BCUT2D eigenvalue weighted by Crippen LogP contribution is -2.20. The number of hydrogen-bond acceptors (Lipinski definition) is 4. The number of ether oxygens (including phenoxy) is 1. The summed E-state index contributed by atoms with van der Waals surface area (Å²) in [5.74, 6) is -0.228. The number of nitrogens with zero attached hydrogens (tertiary/aromatic N) is 1. The van der Waals surface area contributed by atoms with E-state index >= 15 is 0 Å². The Balaban J connectivity index is 1.50. The first-order valence-corrected chi connectivity index (χ1v) is 11.5. The third kappa shape index (κ3) is 6.02. The highest BCUT2D eigenvalue weighted by Gasteiger charge is 2.16. The summed E-state index contributed by atoms with van der Waals surface area (Å²) in [6, 6.07) is 17.5. The summed E-state index contributed by atoms with van der Waals surface area (Å²) in [6.45, 7) is 9.57. The zero-order chi connectivity index (χ0) is 24.6. The Labute approximate surface area is 205 Å². The third-order valence-electron chi connectivity index (χ3n) is 5.80. The molecule has 0 saturated heterocycles. The molecule has 0 bridgehead atoms. The number of aromatic carboxylic acids is 1. The van der Waals surface area contributed by atoms with Crippen molar-refractivity contribution < 1.29 is 14.6 Å². The summed E-state index contributed by atoms with van der Waals surface area (Å²) >= 11 is 0. The molecular weight excluding hydrogens is 436 g/mol. The van der Waals surface area contributed by atoms with Crippen LogP contribution < -0.4 is 10.1 Å². The standard InChI is InChI=1S/C30H28N2O3/c1-3-4-5-21(2)20-35-26-11-13-29(32-19-26)24-8-6-22(7-9-24)25-10-12-27(30(33)34)28(18-25)23-14-16-31-17-15-23/h3-14,18-19,31H,1-2,15-17,20H2,(H,33,34)/b5-4-. The van der Waals surface area contributed by atoms with E-state index in [9.17, 15) is 9.90 Å². The SMILES string of the molecule is C=C/C=C\C(=C)COc1ccc(-c2ccc(-c3ccc(C(=O)O)c(C4=CCNCC4)c3)cc2)nc1. The summed E-state index contributed by atoms with van der Waals surface area (Å²) in [5, 5.41) is 12.9. The number of benzene rings is 2. The molecule has 176 valence electrons. The number of carboxylic acid groups (broad SMARTS) is 1. The summed E-state index contributed by atoms with van der Waals surface area (Å²) in [7, 11) is 0. The molecule has 3 aromatic rings. The Morgan fingerprint density at radius 3 is 2.51 bits per heavy atom. The zero-order valence-electron chi connectivity index (χ0n) is 19.5. The lowest BCUT2D eigenvalue weighted by atomic mass is 9.91. The second-order valence-electron chi connectivity index (χ2n) is 8.25. The van der Waals surface area contributed by atoms with Crippen LogP contribution in [0.2, 0.25) is 0 Å². The lowest BCUT2D eigenvalue weighted by molar-refractivity contribution is 0.0696. The monoisotopic (exact) mass is 464 g/mol. The average Bonchev–Trinajstić information content (AvgIpc) is 2.91. The van der Waals surface area contributed by atoms with Gasteiger partial charge in [0.1, 0.15) is 12.4 Å². The van der Waals surface area contributed by atoms with Gasteiger partial charge in [0.25, 0.3) is 0 Å². The fraction of sp³-hybridized carbons (Fsp3) is 0.133. The maximum atomic E-state index is 11.8. The number of rotatable bonds is 9. The topological polar surface area (TPSA) is 71.5 Å². The van der Waals surface area contributed by atoms with Crippen molar-refractivity contribution in [3.8, 4) is 28.1 Å². The van der Waals surface area contributed by atoms with E-state index < -0.39 is 5.97 Å². The number of aromatic nitrogens is 1. The number of carbonyl (C=O) groups is 1. The van der Waals surface area contributed by atoms with Gasteiger partial charge in [-0.3, -0.25) is 4.98 Å². The van der Waals surface area contributed by atoms with Gasteiger partial charge < -0.3 is 15.2 Å². The maximum Gasteiger partial charge on any atom is 0.336 e. The van der Waals surface area contributed by atoms with Crippen molar-refractivity contribution in [2.75, 3.05) is 19.7 Å². The van der Waals surface area contributed by atoms with Crippen LogP contribution in [-0.4, -0.2) is 35.8 Å². The second-order valence-corrected chi connectivity index (χ2v) is 8.25. The summed E-state index contributed by atoms with van der Waals surface area (Å²) in [5.41, 5.74) is 6.89. The van der Waals surface area contributed by atoms with Crippen molar-refractivity contribution in [3.05, 3.63) is 115 Å². The van der Waals surface area contributed by atoms with Gasteiger partial charge in [-0.1, -0.05) is 67.8 Å². The molecule has 0 spiro atoms. The minimum atomic E-state index is -0.905. The molecule has 5 nitrogen and oxygen atoms in total. The van der Waals surface area contributed by atoms with Crippen molar-refractivity contribution in [1.29, 1.82) is 0 Å². The fourth-order valence-electron chi connectivity index (χ4n) is 3.94. The molecule has 35 heavy (non-hydrogen) atoms. The molecule has 1 aliphatic rings. The minimum Gasteiger partial charge on any atom is -0.487 e. The molecule has 1 aromatic heterocycles. The first kappa shape index (κ1) is 23.9. The van der Waals surface area contributed by atoms with Crippen molar-refractivity contribution in [3.63, 3.8) is 0 Å². The van der Waals surface area contributed by atoms with Gasteiger partial charge in [-0.2, -0.15) is 0 Å². The number of hydrogen-bond donors (Lipinski definition) is 2. The smallest absolute Gasteiger partial charge is 0.336 e. The molecule has 1 aliphatic heterocycles. The average molecular weight is 465 g/mol. The van der Waals surface area contributed by atoms with Crippen LogP contribution in [0.4, 0.5) is 0 Å². The molecule has 2 aromatic carbocycles. The largest absolute Gasteiger partial charge is 0.487 e. The maximum absolute atomic E-state index is 11.8. The van der Waals surface area contributed by atoms with E-state index in [0.29, 0.717) is 17.9 Å². The first-order valence-electron chi connectivity index (χ1n) is 11.5. The first-order chi connectivity index (χ1) is 17.0. The van der Waals surface area contributed by atoms with Crippen LogP contribution in [0.1, 0.15) is 22.3 Å². The predicted molar refractivity (Wildman–Crippen MR) is 142 cm³/mol. The van der Waals surface area contributed by atoms with Crippen molar-refractivity contribution in [1.82, 2.24) is 10.3 Å². The van der Waals surface area contributed by atoms with E-state index in [2.05, 4.69) is 29.5 Å². The third-order valence-corrected chi connectivity index (χ3v) is 5.80. The highest BCUT2D eigenvalue weighted by atomic mass is 16.5. The highest BCUT2D eigenvalue weighted by Crippen LogP contribution is 2.30. The van der Waals surface area contributed by atoms with Crippen molar-refractivity contribution in [2.24, 2.45) is 0 Å². The Morgan fingerprint density at radius 2 is 1.86 bits per heavy atom. The fourth-order valence-corrected chi connectivity index (χ4v) is 3.94. The van der Waals surface area contributed by atoms with Crippen LogP contribution in [0.15, 0.2) is 104 Å². The van der Waals surface area contributed by atoms with Gasteiger partial charge in [-0.05, 0) is 65.1 Å². The van der Waals surface area contributed by atoms with E-state index in [1.54, 1.807) is 18.3 Å². The van der Waals surface area contributed by atoms with Gasteiger partial charge >= 0.3 is 5.97 Å². The Bertz CT molecular complexity index is 1290. The molecule has 2 N–H and O–H groups in total. The van der Waals surface area contributed by atoms with E-state index in [1.165, 1.54) is 0 Å². The molecule has 2 heterocycles. The predicted octanol–water partition coefficient (Wildman–Crippen LogP) is 6.17. The summed E-state index contributed by atoms with van der Waals surface area (Å²) in [4.78, 5) is 16.3. The van der Waals surface area contributed by atoms with Crippen molar-refractivity contribution >= 4 is 11.5 Å². The quantitative estimate of drug-likeness (QED) is 0.371. The van der Waals surface area contributed by atoms with Crippen LogP contribution in [0, 0.1) is 0 Å². The Hall–Kier alpha value is -4.22. The van der Waals surface area contributed by atoms with Gasteiger partial charge in [0.15, 0.2) is 0 Å². The highest BCUT2D eigenvalue weighted by molar-refractivity contribution is 5.95. The molecular formula is C30H28N2O3. The molecule has 0 aliphatic carbocycles. The van der Waals surface area contributed by atoms with Crippen LogP contribution in [-0.2, 0) is 0 Å². The number of allylic oxidation sites excluding steroid dienone is 2. The second kappa shape index (κ2) is 11.3. The number of pyridine rings is 1.